The standard InChI is InChI=1S/C21H22F4O2/c1-14(15-8-6-5-7-9-15)20(26,21(23,24)25)13-19(2,3)17-12-16(22)10-11-18(17)27-4/h5-12,26H,1,13H2,2-4H3. The van der Waals surface area contributed by atoms with Gasteiger partial charge in [-0.1, -0.05) is 50.8 Å². The van der Waals surface area contributed by atoms with Crippen LogP contribution in [0.2, 0.25) is 0 Å². The van der Waals surface area contributed by atoms with Gasteiger partial charge in [-0.2, -0.15) is 13.2 Å². The van der Waals surface area contributed by atoms with E-state index >= 15 is 0 Å². The van der Waals surface area contributed by atoms with Crippen LogP contribution in [0.1, 0.15) is 31.4 Å². The fraction of sp³-hybridized carbons (Fsp3) is 0.333. The van der Waals surface area contributed by atoms with E-state index in [2.05, 4.69) is 6.58 Å². The number of hydrogen-bond acceptors (Lipinski definition) is 2. The van der Waals surface area contributed by atoms with Crippen LogP contribution < -0.4 is 4.74 Å². The van der Waals surface area contributed by atoms with Gasteiger partial charge in [0.25, 0.3) is 0 Å². The minimum absolute atomic E-state index is 0.180. The van der Waals surface area contributed by atoms with Crippen molar-refractivity contribution in [1.82, 2.24) is 0 Å². The van der Waals surface area contributed by atoms with Gasteiger partial charge in [-0.05, 0) is 41.2 Å². The van der Waals surface area contributed by atoms with Gasteiger partial charge < -0.3 is 9.84 Å². The van der Waals surface area contributed by atoms with Gasteiger partial charge in [0, 0.05) is 5.56 Å². The molecule has 2 aromatic carbocycles. The summed E-state index contributed by atoms with van der Waals surface area (Å²) in [6, 6.07) is 11.3. The van der Waals surface area contributed by atoms with Crippen molar-refractivity contribution in [3.8, 4) is 5.75 Å². The summed E-state index contributed by atoms with van der Waals surface area (Å²) >= 11 is 0. The zero-order valence-electron chi connectivity index (χ0n) is 15.4. The van der Waals surface area contributed by atoms with E-state index in [1.54, 1.807) is 18.2 Å². The second-order valence-electron chi connectivity index (χ2n) is 7.11. The summed E-state index contributed by atoms with van der Waals surface area (Å²) in [5, 5.41) is 10.7. The molecule has 0 heterocycles. The predicted molar refractivity (Wildman–Crippen MR) is 97.1 cm³/mol. The van der Waals surface area contributed by atoms with Gasteiger partial charge in [0.05, 0.1) is 7.11 Å². The highest BCUT2D eigenvalue weighted by molar-refractivity contribution is 5.71. The summed E-state index contributed by atoms with van der Waals surface area (Å²) in [5.41, 5.74) is -4.52. The van der Waals surface area contributed by atoms with Crippen LogP contribution in [0.15, 0.2) is 55.1 Å². The molecule has 1 unspecified atom stereocenters. The van der Waals surface area contributed by atoms with E-state index in [4.69, 9.17) is 4.74 Å². The number of ether oxygens (including phenoxy) is 1. The molecule has 0 aliphatic rings. The summed E-state index contributed by atoms with van der Waals surface area (Å²) in [4.78, 5) is 0. The van der Waals surface area contributed by atoms with Crippen molar-refractivity contribution < 1.29 is 27.4 Å². The molecule has 1 atom stereocenters. The number of benzene rings is 2. The molecule has 0 aliphatic heterocycles. The quantitative estimate of drug-likeness (QED) is 0.668. The summed E-state index contributed by atoms with van der Waals surface area (Å²) in [5.74, 6) is -0.354. The molecule has 0 fully saturated rings. The minimum Gasteiger partial charge on any atom is -0.496 e. The molecule has 0 spiro atoms. The molecule has 2 aromatic rings. The van der Waals surface area contributed by atoms with Crippen LogP contribution in [-0.4, -0.2) is 24.0 Å². The maximum absolute atomic E-state index is 13.9. The molecule has 0 radical (unpaired) electrons. The molecular weight excluding hydrogens is 360 g/mol. The Morgan fingerprint density at radius 1 is 1.07 bits per heavy atom. The number of methoxy groups -OCH3 is 1. The molecule has 0 saturated heterocycles. The number of alkyl halides is 3. The maximum Gasteiger partial charge on any atom is 0.421 e. The number of halogens is 4. The van der Waals surface area contributed by atoms with Crippen LogP contribution in [0.4, 0.5) is 17.6 Å². The van der Waals surface area contributed by atoms with Crippen LogP contribution in [0.5, 0.6) is 5.75 Å². The first-order valence-electron chi connectivity index (χ1n) is 8.30. The fourth-order valence-corrected chi connectivity index (χ4v) is 3.20. The molecule has 2 nitrogen and oxygen atoms in total. The molecule has 0 aliphatic carbocycles. The van der Waals surface area contributed by atoms with Crippen LogP contribution in [-0.2, 0) is 5.41 Å². The molecule has 27 heavy (non-hydrogen) atoms. The highest BCUT2D eigenvalue weighted by Gasteiger charge is 2.58. The van der Waals surface area contributed by atoms with E-state index in [9.17, 15) is 22.7 Å². The molecule has 0 saturated carbocycles. The highest BCUT2D eigenvalue weighted by Crippen LogP contribution is 2.48. The van der Waals surface area contributed by atoms with Crippen molar-refractivity contribution in [2.75, 3.05) is 7.11 Å². The zero-order chi connectivity index (χ0) is 20.5. The fourth-order valence-electron chi connectivity index (χ4n) is 3.20. The van der Waals surface area contributed by atoms with Gasteiger partial charge in [0.15, 0.2) is 5.60 Å². The van der Waals surface area contributed by atoms with Crippen molar-refractivity contribution in [3.63, 3.8) is 0 Å². The average molecular weight is 382 g/mol. The lowest BCUT2D eigenvalue weighted by Gasteiger charge is -2.39. The maximum atomic E-state index is 13.9. The van der Waals surface area contributed by atoms with Gasteiger partial charge in [0.1, 0.15) is 11.6 Å². The third-order valence-corrected chi connectivity index (χ3v) is 4.68. The van der Waals surface area contributed by atoms with Crippen LogP contribution in [0.25, 0.3) is 5.57 Å². The Hall–Kier alpha value is -2.34. The lowest BCUT2D eigenvalue weighted by Crippen LogP contribution is -2.49. The van der Waals surface area contributed by atoms with Crippen molar-refractivity contribution in [2.45, 2.75) is 37.5 Å². The first-order chi connectivity index (χ1) is 12.4. The van der Waals surface area contributed by atoms with Crippen molar-refractivity contribution >= 4 is 5.57 Å². The van der Waals surface area contributed by atoms with Crippen LogP contribution >= 0.6 is 0 Å². The minimum atomic E-state index is -4.97. The Morgan fingerprint density at radius 3 is 2.19 bits per heavy atom. The lowest BCUT2D eigenvalue weighted by atomic mass is 9.71. The van der Waals surface area contributed by atoms with E-state index < -0.39 is 35.0 Å². The largest absolute Gasteiger partial charge is 0.496 e. The van der Waals surface area contributed by atoms with Gasteiger partial charge in [-0.15, -0.1) is 0 Å². The van der Waals surface area contributed by atoms with E-state index in [0.29, 0.717) is 0 Å². The van der Waals surface area contributed by atoms with Crippen LogP contribution in [0, 0.1) is 5.82 Å². The number of hydrogen-bond donors (Lipinski definition) is 1. The third kappa shape index (κ3) is 4.16. The normalized spacial score (nSPS) is 14.5. The molecule has 6 heteroatoms. The predicted octanol–water partition coefficient (Wildman–Crippen LogP) is 5.51. The second-order valence-corrected chi connectivity index (χ2v) is 7.11. The summed E-state index contributed by atoms with van der Waals surface area (Å²) in [6.07, 6.45) is -5.73. The van der Waals surface area contributed by atoms with Gasteiger partial charge in [0.2, 0.25) is 0 Å². The van der Waals surface area contributed by atoms with Crippen molar-refractivity contribution in [1.29, 1.82) is 0 Å². The first kappa shape index (κ1) is 21.0. The van der Waals surface area contributed by atoms with Gasteiger partial charge >= 0.3 is 6.18 Å². The Kier molecular flexibility index (Phi) is 5.71. The van der Waals surface area contributed by atoms with E-state index in [1.807, 2.05) is 0 Å². The number of rotatable bonds is 6. The molecule has 2 rings (SSSR count). The topological polar surface area (TPSA) is 29.5 Å². The van der Waals surface area contributed by atoms with Gasteiger partial charge in [-0.3, -0.25) is 0 Å². The van der Waals surface area contributed by atoms with Crippen molar-refractivity contribution in [2.24, 2.45) is 0 Å². The Morgan fingerprint density at radius 2 is 1.67 bits per heavy atom. The average Bonchev–Trinajstić information content (AvgIpc) is 2.60. The zero-order valence-corrected chi connectivity index (χ0v) is 15.4. The SMILES string of the molecule is C=C(c1ccccc1)C(O)(CC(C)(C)c1cc(F)ccc1OC)C(F)(F)F. The number of aliphatic hydroxyl groups is 1. The molecular formula is C21H22F4O2. The Labute approximate surface area is 156 Å². The van der Waals surface area contributed by atoms with E-state index in [-0.39, 0.29) is 16.9 Å². The Bertz CT molecular complexity index is 813. The van der Waals surface area contributed by atoms with Crippen molar-refractivity contribution in [3.05, 3.63) is 72.1 Å². The summed E-state index contributed by atoms with van der Waals surface area (Å²) in [6.45, 7) is 6.52. The van der Waals surface area contributed by atoms with E-state index in [0.717, 1.165) is 12.1 Å². The Balaban J connectivity index is 2.53. The van der Waals surface area contributed by atoms with Gasteiger partial charge in [-0.25, -0.2) is 4.39 Å². The van der Waals surface area contributed by atoms with E-state index in [1.165, 1.54) is 39.2 Å². The second kappa shape index (κ2) is 7.35. The first-order valence-corrected chi connectivity index (χ1v) is 8.30. The smallest absolute Gasteiger partial charge is 0.421 e. The molecule has 0 aromatic heterocycles. The molecule has 1 N–H and O–H groups in total. The third-order valence-electron chi connectivity index (χ3n) is 4.68. The highest BCUT2D eigenvalue weighted by atomic mass is 19.4. The monoisotopic (exact) mass is 382 g/mol. The molecule has 146 valence electrons. The molecule has 0 bridgehead atoms. The lowest BCUT2D eigenvalue weighted by molar-refractivity contribution is -0.240. The summed E-state index contributed by atoms with van der Waals surface area (Å²) < 4.78 is 60.7. The molecule has 0 amide bonds. The summed E-state index contributed by atoms with van der Waals surface area (Å²) in [7, 11) is 1.35. The van der Waals surface area contributed by atoms with Crippen LogP contribution in [0.3, 0.4) is 0 Å².